The largest absolute Gasteiger partial charge is 0.322 e. The zero-order valence-electron chi connectivity index (χ0n) is 10.9. The van der Waals surface area contributed by atoms with Gasteiger partial charge in [-0.1, -0.05) is 11.6 Å². The van der Waals surface area contributed by atoms with Crippen LogP contribution in [0.2, 0.25) is 5.02 Å². The Hall–Kier alpha value is -3.00. The molecule has 0 heterocycles. The molecule has 0 fully saturated rings. The lowest BCUT2D eigenvalue weighted by Gasteiger charge is -2.06. The van der Waals surface area contributed by atoms with E-state index in [4.69, 9.17) is 11.6 Å². The van der Waals surface area contributed by atoms with Crippen LogP contribution < -0.4 is 5.32 Å². The summed E-state index contributed by atoms with van der Waals surface area (Å²) in [6.45, 7) is 0. The highest BCUT2D eigenvalue weighted by Crippen LogP contribution is 2.25. The van der Waals surface area contributed by atoms with Crippen LogP contribution in [-0.2, 0) is 0 Å². The number of halogens is 1. The Bertz CT molecular complexity index is 761. The van der Waals surface area contributed by atoms with Gasteiger partial charge in [0.05, 0.1) is 15.9 Å². The van der Waals surface area contributed by atoms with Crippen LogP contribution in [0.15, 0.2) is 42.5 Å². The summed E-state index contributed by atoms with van der Waals surface area (Å²) >= 11 is 5.71. The van der Waals surface area contributed by atoms with Crippen LogP contribution in [0, 0.1) is 20.2 Å². The maximum absolute atomic E-state index is 12.1. The van der Waals surface area contributed by atoms with Crippen molar-refractivity contribution in [1.29, 1.82) is 0 Å². The van der Waals surface area contributed by atoms with Crippen molar-refractivity contribution in [3.63, 3.8) is 0 Å². The number of hydrogen-bond acceptors (Lipinski definition) is 5. The average Bonchev–Trinajstić information content (AvgIpc) is 2.48. The van der Waals surface area contributed by atoms with Crippen molar-refractivity contribution in [2.75, 3.05) is 5.32 Å². The average molecular weight is 322 g/mol. The number of nitrogens with one attached hydrogen (secondary N) is 1. The number of hydrogen-bond donors (Lipinski definition) is 1. The molecule has 0 unspecified atom stereocenters. The summed E-state index contributed by atoms with van der Waals surface area (Å²) in [6.07, 6.45) is 0. The van der Waals surface area contributed by atoms with E-state index >= 15 is 0 Å². The number of nitro benzene ring substituents is 2. The highest BCUT2D eigenvalue weighted by atomic mass is 35.5. The van der Waals surface area contributed by atoms with Gasteiger partial charge in [0.1, 0.15) is 5.56 Å². The molecule has 22 heavy (non-hydrogen) atoms. The summed E-state index contributed by atoms with van der Waals surface area (Å²) in [4.78, 5) is 32.1. The van der Waals surface area contributed by atoms with Crippen LogP contribution in [0.4, 0.5) is 17.1 Å². The summed E-state index contributed by atoms with van der Waals surface area (Å²) in [5.41, 5.74) is -0.983. The Morgan fingerprint density at radius 2 is 1.64 bits per heavy atom. The van der Waals surface area contributed by atoms with Crippen molar-refractivity contribution >= 4 is 34.6 Å². The van der Waals surface area contributed by atoms with Crippen molar-refractivity contribution in [3.05, 3.63) is 73.3 Å². The lowest BCUT2D eigenvalue weighted by Crippen LogP contribution is -2.14. The van der Waals surface area contributed by atoms with Crippen molar-refractivity contribution in [2.24, 2.45) is 0 Å². The Morgan fingerprint density at radius 3 is 2.18 bits per heavy atom. The molecule has 2 aromatic rings. The van der Waals surface area contributed by atoms with Crippen LogP contribution >= 0.6 is 11.6 Å². The van der Waals surface area contributed by atoms with Crippen molar-refractivity contribution in [1.82, 2.24) is 0 Å². The van der Waals surface area contributed by atoms with E-state index in [-0.39, 0.29) is 5.56 Å². The molecule has 0 saturated heterocycles. The number of carbonyl (C=O) groups is 1. The fraction of sp³-hybridized carbons (Fsp3) is 0. The second kappa shape index (κ2) is 6.19. The first-order valence-electron chi connectivity index (χ1n) is 5.88. The van der Waals surface area contributed by atoms with E-state index in [2.05, 4.69) is 5.32 Å². The predicted octanol–water partition coefficient (Wildman–Crippen LogP) is 3.41. The van der Waals surface area contributed by atoms with Gasteiger partial charge in [-0.2, -0.15) is 0 Å². The minimum atomic E-state index is -0.843. The topological polar surface area (TPSA) is 115 Å². The third-order valence-corrected chi connectivity index (χ3v) is 2.99. The molecule has 112 valence electrons. The summed E-state index contributed by atoms with van der Waals surface area (Å²) < 4.78 is 0. The fourth-order valence-corrected chi connectivity index (χ4v) is 1.83. The van der Waals surface area contributed by atoms with Gasteiger partial charge in [0.15, 0.2) is 0 Å². The minimum absolute atomic E-state index is 0.273. The smallest absolute Gasteiger partial charge is 0.289 e. The van der Waals surface area contributed by atoms with E-state index < -0.39 is 27.1 Å². The van der Waals surface area contributed by atoms with Gasteiger partial charge in [-0.05, 0) is 30.3 Å². The van der Waals surface area contributed by atoms with Crippen LogP contribution in [-0.4, -0.2) is 15.8 Å². The standard InChI is InChI=1S/C13H8ClN3O5/c14-8-1-3-9(4-2-8)15-13(18)11-6-5-10(16(19)20)7-12(11)17(21)22/h1-7H,(H,15,18). The zero-order valence-corrected chi connectivity index (χ0v) is 11.6. The summed E-state index contributed by atoms with van der Waals surface area (Å²) in [7, 11) is 0. The van der Waals surface area contributed by atoms with E-state index in [1.54, 1.807) is 12.1 Å². The highest BCUT2D eigenvalue weighted by molar-refractivity contribution is 6.30. The maximum atomic E-state index is 12.1. The van der Waals surface area contributed by atoms with Crippen LogP contribution in [0.25, 0.3) is 0 Å². The van der Waals surface area contributed by atoms with Gasteiger partial charge >= 0.3 is 0 Å². The van der Waals surface area contributed by atoms with E-state index in [1.165, 1.54) is 12.1 Å². The summed E-state index contributed by atoms with van der Waals surface area (Å²) in [5.74, 6) is -0.746. The van der Waals surface area contributed by atoms with Gasteiger partial charge in [0, 0.05) is 16.8 Å². The first-order valence-corrected chi connectivity index (χ1v) is 6.26. The highest BCUT2D eigenvalue weighted by Gasteiger charge is 2.24. The molecule has 1 amide bonds. The third-order valence-electron chi connectivity index (χ3n) is 2.74. The second-order valence-electron chi connectivity index (χ2n) is 4.18. The first kappa shape index (κ1) is 15.4. The minimum Gasteiger partial charge on any atom is -0.322 e. The molecule has 0 bridgehead atoms. The fourth-order valence-electron chi connectivity index (χ4n) is 1.71. The molecule has 1 N–H and O–H groups in total. The molecular formula is C13H8ClN3O5. The molecule has 0 radical (unpaired) electrons. The predicted molar refractivity (Wildman–Crippen MR) is 79.2 cm³/mol. The number of anilines is 1. The number of nitrogens with zero attached hydrogens (tertiary/aromatic N) is 2. The molecule has 0 aliphatic heterocycles. The maximum Gasteiger partial charge on any atom is 0.289 e. The summed E-state index contributed by atoms with van der Waals surface area (Å²) in [6, 6.07) is 8.96. The number of amides is 1. The Kier molecular flexibility index (Phi) is 4.33. The number of nitro groups is 2. The molecule has 0 aliphatic rings. The lowest BCUT2D eigenvalue weighted by atomic mass is 10.1. The van der Waals surface area contributed by atoms with Gasteiger partial charge < -0.3 is 5.32 Å². The van der Waals surface area contributed by atoms with Gasteiger partial charge in [0.2, 0.25) is 0 Å². The van der Waals surface area contributed by atoms with Gasteiger partial charge in [-0.3, -0.25) is 25.0 Å². The Labute approximate surface area is 128 Å². The van der Waals surface area contributed by atoms with Crippen molar-refractivity contribution in [3.8, 4) is 0 Å². The third kappa shape index (κ3) is 3.36. The number of non-ortho nitro benzene ring substituents is 1. The van der Waals surface area contributed by atoms with Gasteiger partial charge in [-0.25, -0.2) is 0 Å². The number of benzene rings is 2. The molecule has 0 spiro atoms. The molecule has 9 heteroatoms. The SMILES string of the molecule is O=C(Nc1ccc(Cl)cc1)c1ccc([N+](=O)[O-])cc1[N+](=O)[O-]. The molecular weight excluding hydrogens is 314 g/mol. The molecule has 0 saturated carbocycles. The van der Waals surface area contributed by atoms with Crippen LogP contribution in [0.3, 0.4) is 0 Å². The van der Waals surface area contributed by atoms with E-state index in [0.29, 0.717) is 10.7 Å². The molecule has 0 aliphatic carbocycles. The van der Waals surface area contributed by atoms with Crippen molar-refractivity contribution in [2.45, 2.75) is 0 Å². The number of carbonyl (C=O) groups excluding carboxylic acids is 1. The second-order valence-corrected chi connectivity index (χ2v) is 4.61. The van der Waals surface area contributed by atoms with E-state index in [1.807, 2.05) is 0 Å². The molecule has 0 aromatic heterocycles. The molecule has 2 rings (SSSR count). The van der Waals surface area contributed by atoms with Gasteiger partial charge in [0.25, 0.3) is 17.3 Å². The monoisotopic (exact) mass is 321 g/mol. The van der Waals surface area contributed by atoms with Crippen LogP contribution in [0.5, 0.6) is 0 Å². The molecule has 0 atom stereocenters. The van der Waals surface area contributed by atoms with E-state index in [9.17, 15) is 25.0 Å². The van der Waals surface area contributed by atoms with Crippen molar-refractivity contribution < 1.29 is 14.6 Å². The quantitative estimate of drug-likeness (QED) is 0.684. The Balaban J connectivity index is 2.34. The van der Waals surface area contributed by atoms with Crippen LogP contribution in [0.1, 0.15) is 10.4 Å². The molecule has 2 aromatic carbocycles. The van der Waals surface area contributed by atoms with E-state index in [0.717, 1.165) is 18.2 Å². The first-order chi connectivity index (χ1) is 10.4. The summed E-state index contributed by atoms with van der Waals surface area (Å²) in [5, 5.41) is 24.6. The lowest BCUT2D eigenvalue weighted by molar-refractivity contribution is -0.394. The molecule has 8 nitrogen and oxygen atoms in total. The normalized spacial score (nSPS) is 10.0. The number of rotatable bonds is 4. The zero-order chi connectivity index (χ0) is 16.3. The Morgan fingerprint density at radius 1 is 1.00 bits per heavy atom. The van der Waals surface area contributed by atoms with Gasteiger partial charge in [-0.15, -0.1) is 0 Å².